The molecule has 2 fully saturated rings. The normalized spacial score (nSPS) is 24.1. The standard InChI is InChI=1S/C19H31N7/c1-15(2)26-7-5-19(6-8-26)13-25(11-16-9-21-24(4)10-16)12-17(19)18-22-20-14-23(18)3/h9-10,14-15,17H,5-8,11-13H2,1-4H3. The molecule has 0 amide bonds. The minimum Gasteiger partial charge on any atom is -0.320 e. The summed E-state index contributed by atoms with van der Waals surface area (Å²) in [6, 6.07) is 0.633. The predicted molar refractivity (Wildman–Crippen MR) is 101 cm³/mol. The lowest BCUT2D eigenvalue weighted by Gasteiger charge is -2.43. The Kier molecular flexibility index (Phi) is 4.61. The van der Waals surface area contributed by atoms with Gasteiger partial charge in [0.1, 0.15) is 12.2 Å². The van der Waals surface area contributed by atoms with Gasteiger partial charge in [0.15, 0.2) is 0 Å². The second-order valence-electron chi connectivity index (χ2n) is 8.54. The van der Waals surface area contributed by atoms with E-state index in [2.05, 4.69) is 56.8 Å². The molecule has 2 saturated heterocycles. The fraction of sp³-hybridized carbons (Fsp3) is 0.737. The first-order valence-electron chi connectivity index (χ1n) is 9.75. The van der Waals surface area contributed by atoms with Crippen LogP contribution < -0.4 is 0 Å². The van der Waals surface area contributed by atoms with Crippen LogP contribution in [0.15, 0.2) is 18.7 Å². The molecule has 1 unspecified atom stereocenters. The predicted octanol–water partition coefficient (Wildman–Crippen LogP) is 1.64. The van der Waals surface area contributed by atoms with Gasteiger partial charge >= 0.3 is 0 Å². The van der Waals surface area contributed by atoms with Crippen LogP contribution in [0.1, 0.15) is 44.0 Å². The molecule has 4 heterocycles. The van der Waals surface area contributed by atoms with E-state index in [0.29, 0.717) is 17.4 Å². The van der Waals surface area contributed by atoms with E-state index in [9.17, 15) is 0 Å². The summed E-state index contributed by atoms with van der Waals surface area (Å²) in [6.45, 7) is 10.2. The highest BCUT2D eigenvalue weighted by molar-refractivity contribution is 5.14. The van der Waals surface area contributed by atoms with Crippen molar-refractivity contribution in [2.75, 3.05) is 26.2 Å². The van der Waals surface area contributed by atoms with Gasteiger partial charge in [-0.15, -0.1) is 10.2 Å². The average Bonchev–Trinajstić information content (AvgIpc) is 3.28. The van der Waals surface area contributed by atoms with E-state index in [1.807, 2.05) is 24.3 Å². The molecule has 0 aliphatic carbocycles. The van der Waals surface area contributed by atoms with Crippen molar-refractivity contribution in [1.29, 1.82) is 0 Å². The highest BCUT2D eigenvalue weighted by Gasteiger charge is 2.50. The molecule has 2 aliphatic rings. The van der Waals surface area contributed by atoms with Crippen molar-refractivity contribution >= 4 is 0 Å². The Morgan fingerprint density at radius 3 is 2.58 bits per heavy atom. The van der Waals surface area contributed by atoms with Gasteiger partial charge in [-0.05, 0) is 45.2 Å². The van der Waals surface area contributed by atoms with Gasteiger partial charge in [0.2, 0.25) is 0 Å². The molecular weight excluding hydrogens is 326 g/mol. The fourth-order valence-corrected chi connectivity index (χ4v) is 4.96. The Morgan fingerprint density at radius 1 is 1.23 bits per heavy atom. The summed E-state index contributed by atoms with van der Waals surface area (Å²) in [5.41, 5.74) is 1.61. The van der Waals surface area contributed by atoms with Gasteiger partial charge in [-0.1, -0.05) is 0 Å². The zero-order valence-corrected chi connectivity index (χ0v) is 16.5. The highest BCUT2D eigenvalue weighted by atomic mass is 15.3. The maximum atomic E-state index is 4.50. The van der Waals surface area contributed by atoms with Crippen LogP contribution in [0.25, 0.3) is 0 Å². The molecule has 0 aromatic carbocycles. The first kappa shape index (κ1) is 17.7. The summed E-state index contributed by atoms with van der Waals surface area (Å²) in [4.78, 5) is 5.21. The van der Waals surface area contributed by atoms with E-state index >= 15 is 0 Å². The fourth-order valence-electron chi connectivity index (χ4n) is 4.96. The van der Waals surface area contributed by atoms with E-state index < -0.39 is 0 Å². The zero-order chi connectivity index (χ0) is 18.3. The topological polar surface area (TPSA) is 55.0 Å². The summed E-state index contributed by atoms with van der Waals surface area (Å²) < 4.78 is 4.01. The molecule has 1 spiro atoms. The van der Waals surface area contributed by atoms with Crippen LogP contribution in [0.4, 0.5) is 0 Å². The lowest BCUT2D eigenvalue weighted by Crippen LogP contribution is -2.46. The molecule has 2 aromatic heterocycles. The molecule has 0 saturated carbocycles. The van der Waals surface area contributed by atoms with Crippen LogP contribution in [0.3, 0.4) is 0 Å². The molecular formula is C19H31N7. The second kappa shape index (κ2) is 6.78. The van der Waals surface area contributed by atoms with Crippen LogP contribution in [0.2, 0.25) is 0 Å². The molecule has 4 rings (SSSR count). The van der Waals surface area contributed by atoms with Gasteiger partial charge in [-0.3, -0.25) is 9.58 Å². The van der Waals surface area contributed by atoms with Crippen molar-refractivity contribution in [3.05, 3.63) is 30.1 Å². The number of rotatable bonds is 4. The summed E-state index contributed by atoms with van der Waals surface area (Å²) >= 11 is 0. The van der Waals surface area contributed by atoms with Gasteiger partial charge in [0.05, 0.1) is 6.20 Å². The number of hydrogen-bond donors (Lipinski definition) is 0. The number of aryl methyl sites for hydroxylation is 2. The van der Waals surface area contributed by atoms with Crippen molar-refractivity contribution in [1.82, 2.24) is 34.3 Å². The van der Waals surface area contributed by atoms with Crippen molar-refractivity contribution in [3.63, 3.8) is 0 Å². The highest BCUT2D eigenvalue weighted by Crippen LogP contribution is 2.49. The quantitative estimate of drug-likeness (QED) is 0.833. The molecule has 7 heteroatoms. The molecule has 1 atom stereocenters. The Hall–Kier alpha value is -1.73. The van der Waals surface area contributed by atoms with Crippen LogP contribution >= 0.6 is 0 Å². The van der Waals surface area contributed by atoms with E-state index in [4.69, 9.17) is 0 Å². The van der Waals surface area contributed by atoms with Gasteiger partial charge in [-0.25, -0.2) is 0 Å². The molecule has 0 radical (unpaired) electrons. The van der Waals surface area contributed by atoms with Gasteiger partial charge in [-0.2, -0.15) is 5.10 Å². The monoisotopic (exact) mass is 357 g/mol. The number of hydrogen-bond acceptors (Lipinski definition) is 5. The van der Waals surface area contributed by atoms with Crippen LogP contribution in [0.5, 0.6) is 0 Å². The maximum Gasteiger partial charge on any atom is 0.137 e. The number of aromatic nitrogens is 5. The summed E-state index contributed by atoms with van der Waals surface area (Å²) in [7, 11) is 4.06. The SMILES string of the molecule is CC(C)N1CCC2(CC1)CN(Cc1cnn(C)c1)CC2c1nncn1C. The lowest BCUT2D eigenvalue weighted by molar-refractivity contribution is 0.0748. The van der Waals surface area contributed by atoms with Crippen molar-refractivity contribution in [2.45, 2.75) is 45.2 Å². The van der Waals surface area contributed by atoms with Crippen LogP contribution in [-0.4, -0.2) is 66.6 Å². The van der Waals surface area contributed by atoms with Gasteiger partial charge in [0, 0.05) is 57.4 Å². The Bertz CT molecular complexity index is 739. The minimum atomic E-state index is 0.314. The third kappa shape index (κ3) is 3.18. The lowest BCUT2D eigenvalue weighted by atomic mass is 9.70. The van der Waals surface area contributed by atoms with E-state index in [-0.39, 0.29) is 0 Å². The third-order valence-electron chi connectivity index (χ3n) is 6.47. The number of likely N-dealkylation sites (tertiary alicyclic amines) is 2. The Morgan fingerprint density at radius 2 is 2.00 bits per heavy atom. The van der Waals surface area contributed by atoms with Gasteiger partial charge < -0.3 is 9.47 Å². The largest absolute Gasteiger partial charge is 0.320 e. The van der Waals surface area contributed by atoms with Crippen molar-refractivity contribution < 1.29 is 0 Å². The molecule has 2 aliphatic heterocycles. The van der Waals surface area contributed by atoms with Crippen LogP contribution in [0, 0.1) is 5.41 Å². The number of nitrogens with zero attached hydrogens (tertiary/aromatic N) is 7. The maximum absolute atomic E-state index is 4.50. The van der Waals surface area contributed by atoms with E-state index in [1.165, 1.54) is 31.5 Å². The van der Waals surface area contributed by atoms with Gasteiger partial charge in [0.25, 0.3) is 0 Å². The van der Waals surface area contributed by atoms with Crippen molar-refractivity contribution in [2.24, 2.45) is 19.5 Å². The zero-order valence-electron chi connectivity index (χ0n) is 16.5. The summed E-state index contributed by atoms with van der Waals surface area (Å²) in [5, 5.41) is 13.0. The molecule has 0 bridgehead atoms. The Balaban J connectivity index is 1.56. The van der Waals surface area contributed by atoms with E-state index in [1.54, 1.807) is 0 Å². The minimum absolute atomic E-state index is 0.314. The first-order chi connectivity index (χ1) is 12.5. The Labute approximate surface area is 156 Å². The molecule has 2 aromatic rings. The average molecular weight is 358 g/mol. The third-order valence-corrected chi connectivity index (χ3v) is 6.47. The smallest absolute Gasteiger partial charge is 0.137 e. The molecule has 7 nitrogen and oxygen atoms in total. The molecule has 142 valence electrons. The van der Waals surface area contributed by atoms with E-state index in [0.717, 1.165) is 25.5 Å². The second-order valence-corrected chi connectivity index (χ2v) is 8.54. The molecule has 0 N–H and O–H groups in total. The first-order valence-corrected chi connectivity index (χ1v) is 9.75. The molecule has 26 heavy (non-hydrogen) atoms. The summed E-state index contributed by atoms with van der Waals surface area (Å²) in [5.74, 6) is 1.61. The number of piperidine rings is 1. The van der Waals surface area contributed by atoms with Crippen LogP contribution in [-0.2, 0) is 20.6 Å². The van der Waals surface area contributed by atoms with Crippen molar-refractivity contribution in [3.8, 4) is 0 Å². The summed E-state index contributed by atoms with van der Waals surface area (Å²) in [6.07, 6.45) is 8.45.